The van der Waals surface area contributed by atoms with Gasteiger partial charge in [0.25, 0.3) is 12.3 Å². The smallest absolute Gasteiger partial charge is 0.365 e. The molecule has 0 radical (unpaired) electrons. The largest absolute Gasteiger partial charge is 0.408 e. The van der Waals surface area contributed by atoms with Crippen molar-refractivity contribution in [2.75, 3.05) is 5.32 Å². The third-order valence-corrected chi connectivity index (χ3v) is 7.21. The number of rotatable bonds is 8. The van der Waals surface area contributed by atoms with Crippen molar-refractivity contribution in [2.24, 2.45) is 5.73 Å². The first-order valence-corrected chi connectivity index (χ1v) is 11.9. The number of aryl methyl sites for hydroxylation is 1. The summed E-state index contributed by atoms with van der Waals surface area (Å²) in [5.41, 5.74) is 6.65. The fourth-order valence-electron chi connectivity index (χ4n) is 3.86. The fraction of sp³-hybridized carbons (Fsp3) is 0.286. The van der Waals surface area contributed by atoms with E-state index in [9.17, 15) is 28.5 Å². The van der Waals surface area contributed by atoms with Gasteiger partial charge in [-0.1, -0.05) is 11.6 Å². The van der Waals surface area contributed by atoms with Gasteiger partial charge in [-0.3, -0.25) is 14.3 Å². The fourth-order valence-corrected chi connectivity index (χ4v) is 5.08. The van der Waals surface area contributed by atoms with E-state index < -0.39 is 41.2 Å². The topological polar surface area (TPSA) is 164 Å². The van der Waals surface area contributed by atoms with Crippen molar-refractivity contribution in [1.29, 1.82) is 0 Å². The van der Waals surface area contributed by atoms with E-state index in [-0.39, 0.29) is 37.1 Å². The third kappa shape index (κ3) is 4.62. The molecule has 0 aliphatic heterocycles. The number of hydrogen-bond donors (Lipinski definition) is 2. The molecule has 4 heterocycles. The molecule has 0 unspecified atom stereocenters. The first-order valence-electron chi connectivity index (χ1n) is 10.7. The van der Waals surface area contributed by atoms with Crippen LogP contribution in [0.2, 0.25) is 5.02 Å². The van der Waals surface area contributed by atoms with E-state index in [1.54, 1.807) is 11.6 Å². The molecule has 4 aromatic heterocycles. The quantitative estimate of drug-likeness (QED) is 0.244. The summed E-state index contributed by atoms with van der Waals surface area (Å²) in [5, 5.41) is 21.7. The number of pyridine rings is 1. The number of carbonyl (C=O) groups is 2. The SMILES string of the molecule is CCn1ncc(-c2cc(C(F)F)nc3sc(C(N)=O)c(NC(=O)Cn4nc([N+](=O)[O-])c(Cl)c4C)c23)c1C. The molecule has 0 aromatic carbocycles. The zero-order valence-corrected chi connectivity index (χ0v) is 21.2. The van der Waals surface area contributed by atoms with E-state index in [0.717, 1.165) is 16.0 Å². The summed E-state index contributed by atoms with van der Waals surface area (Å²) in [4.78, 5) is 39.6. The van der Waals surface area contributed by atoms with Gasteiger partial charge in [0.2, 0.25) is 5.91 Å². The summed E-state index contributed by atoms with van der Waals surface area (Å²) in [5.74, 6) is -2.23. The van der Waals surface area contributed by atoms with Gasteiger partial charge in [0.15, 0.2) is 5.02 Å². The van der Waals surface area contributed by atoms with Gasteiger partial charge in [-0.15, -0.1) is 11.3 Å². The van der Waals surface area contributed by atoms with Crippen LogP contribution in [0.15, 0.2) is 12.3 Å². The van der Waals surface area contributed by atoms with Crippen LogP contribution in [0.4, 0.5) is 20.3 Å². The number of nitro groups is 1. The Morgan fingerprint density at radius 3 is 2.51 bits per heavy atom. The molecule has 194 valence electrons. The van der Waals surface area contributed by atoms with Gasteiger partial charge in [0, 0.05) is 23.2 Å². The Labute approximate surface area is 216 Å². The van der Waals surface area contributed by atoms with Gasteiger partial charge >= 0.3 is 5.82 Å². The molecule has 16 heteroatoms. The average molecular weight is 553 g/mol. The van der Waals surface area contributed by atoms with E-state index in [4.69, 9.17) is 17.3 Å². The Bertz CT molecular complexity index is 1580. The maximum absolute atomic E-state index is 13.7. The first kappa shape index (κ1) is 26.1. The molecule has 0 atom stereocenters. The highest BCUT2D eigenvalue weighted by atomic mass is 35.5. The normalized spacial score (nSPS) is 11.4. The van der Waals surface area contributed by atoms with Crippen molar-refractivity contribution >= 4 is 56.5 Å². The Morgan fingerprint density at radius 1 is 1.27 bits per heavy atom. The Morgan fingerprint density at radius 2 is 1.97 bits per heavy atom. The molecule has 37 heavy (non-hydrogen) atoms. The van der Waals surface area contributed by atoms with Crippen LogP contribution in [0, 0.1) is 24.0 Å². The van der Waals surface area contributed by atoms with Gasteiger partial charge in [-0.25, -0.2) is 13.8 Å². The maximum atomic E-state index is 13.7. The molecular weight excluding hydrogens is 534 g/mol. The average Bonchev–Trinajstić information content (AvgIpc) is 3.48. The summed E-state index contributed by atoms with van der Waals surface area (Å²) < 4.78 is 30.1. The number of anilines is 1. The number of aromatic nitrogens is 5. The van der Waals surface area contributed by atoms with Crippen molar-refractivity contribution in [3.63, 3.8) is 0 Å². The van der Waals surface area contributed by atoms with Crippen molar-refractivity contribution in [1.82, 2.24) is 24.5 Å². The van der Waals surface area contributed by atoms with Crippen molar-refractivity contribution < 1.29 is 23.3 Å². The maximum Gasteiger partial charge on any atom is 0.408 e. The van der Waals surface area contributed by atoms with Gasteiger partial charge in [0.1, 0.15) is 21.9 Å². The van der Waals surface area contributed by atoms with Crippen LogP contribution in [0.5, 0.6) is 0 Å². The summed E-state index contributed by atoms with van der Waals surface area (Å²) in [6, 6.07) is 1.19. The highest BCUT2D eigenvalue weighted by Crippen LogP contribution is 2.43. The molecule has 0 saturated heterocycles. The molecule has 3 N–H and O–H groups in total. The van der Waals surface area contributed by atoms with Gasteiger partial charge < -0.3 is 21.2 Å². The van der Waals surface area contributed by atoms with Crippen molar-refractivity contribution in [3.05, 3.63) is 49.4 Å². The molecule has 12 nitrogen and oxygen atoms in total. The molecule has 0 saturated carbocycles. The number of thiophene rings is 1. The predicted octanol–water partition coefficient (Wildman–Crippen LogP) is 4.23. The molecule has 0 bridgehead atoms. The van der Waals surface area contributed by atoms with Gasteiger partial charge in [-0.05, 0) is 37.3 Å². The van der Waals surface area contributed by atoms with Gasteiger partial charge in [0.05, 0.1) is 22.7 Å². The number of alkyl halides is 2. The lowest BCUT2D eigenvalue weighted by Gasteiger charge is -2.11. The molecule has 4 rings (SSSR count). The van der Waals surface area contributed by atoms with E-state index >= 15 is 0 Å². The second-order valence-electron chi connectivity index (χ2n) is 7.89. The van der Waals surface area contributed by atoms with E-state index in [2.05, 4.69) is 20.5 Å². The standard InChI is InChI=1S/C21H19ClF2N8O4S/c1-4-30-8(2)11(6-26-30)10-5-12(18(23)24)27-21-14(10)16(17(37-21)19(25)34)28-13(33)7-31-9(3)15(22)20(29-31)32(35)36/h5-6,18H,4,7H2,1-3H3,(H2,25,34)(H,28,33). The first-order chi connectivity index (χ1) is 17.4. The Balaban J connectivity index is 1.86. The molecule has 0 aliphatic rings. The molecule has 2 amide bonds. The second-order valence-corrected chi connectivity index (χ2v) is 9.27. The third-order valence-electron chi connectivity index (χ3n) is 5.67. The summed E-state index contributed by atoms with van der Waals surface area (Å²) in [7, 11) is 0. The van der Waals surface area contributed by atoms with Crippen molar-refractivity contribution in [2.45, 2.75) is 40.3 Å². The molecule has 4 aromatic rings. The predicted molar refractivity (Wildman–Crippen MR) is 132 cm³/mol. The number of fused-ring (bicyclic) bond motifs is 1. The number of carbonyl (C=O) groups excluding carboxylic acids is 2. The minimum atomic E-state index is -2.90. The minimum absolute atomic E-state index is 0.0186. The summed E-state index contributed by atoms with van der Waals surface area (Å²) in [6.45, 7) is 5.12. The van der Waals surface area contributed by atoms with E-state index in [0.29, 0.717) is 17.8 Å². The lowest BCUT2D eigenvalue weighted by atomic mass is 10.0. The zero-order valence-electron chi connectivity index (χ0n) is 19.6. The highest BCUT2D eigenvalue weighted by Gasteiger charge is 2.28. The lowest BCUT2D eigenvalue weighted by Crippen LogP contribution is -2.22. The van der Waals surface area contributed by atoms with E-state index in [1.807, 2.05) is 6.92 Å². The van der Waals surface area contributed by atoms with Crippen LogP contribution < -0.4 is 11.1 Å². The number of nitrogens with one attached hydrogen (secondary N) is 1. The highest BCUT2D eigenvalue weighted by molar-refractivity contribution is 7.21. The number of hydrogen-bond acceptors (Lipinski definition) is 8. The lowest BCUT2D eigenvalue weighted by molar-refractivity contribution is -0.389. The molecule has 0 spiro atoms. The van der Waals surface area contributed by atoms with Crippen molar-refractivity contribution in [3.8, 4) is 11.1 Å². The molecule has 0 aliphatic carbocycles. The van der Waals surface area contributed by atoms with Crippen LogP contribution in [-0.2, 0) is 17.9 Å². The molecule has 0 fully saturated rings. The molecular formula is C21H19ClF2N8O4S. The van der Waals surface area contributed by atoms with Gasteiger partial charge in [-0.2, -0.15) is 9.78 Å². The minimum Gasteiger partial charge on any atom is -0.365 e. The van der Waals surface area contributed by atoms with Crippen LogP contribution in [0.1, 0.15) is 40.1 Å². The van der Waals surface area contributed by atoms with Crippen LogP contribution in [0.25, 0.3) is 21.3 Å². The zero-order chi connectivity index (χ0) is 27.2. The number of primary amides is 1. The number of halogens is 3. The monoisotopic (exact) mass is 552 g/mol. The van der Waals surface area contributed by atoms with Crippen LogP contribution in [0.3, 0.4) is 0 Å². The number of nitrogens with two attached hydrogens (primary N) is 1. The second kappa shape index (κ2) is 9.82. The van der Waals surface area contributed by atoms with E-state index in [1.165, 1.54) is 19.2 Å². The van der Waals surface area contributed by atoms with Crippen LogP contribution >= 0.6 is 22.9 Å². The number of nitrogens with zero attached hydrogens (tertiary/aromatic N) is 6. The van der Waals surface area contributed by atoms with Crippen LogP contribution in [-0.4, -0.2) is 41.3 Å². The number of amides is 2. The summed E-state index contributed by atoms with van der Waals surface area (Å²) in [6.07, 6.45) is -1.39. The Hall–Kier alpha value is -3.98. The Kier molecular flexibility index (Phi) is 6.92. The summed E-state index contributed by atoms with van der Waals surface area (Å²) >= 11 is 6.70.